The van der Waals surface area contributed by atoms with Crippen molar-refractivity contribution in [2.24, 2.45) is 0 Å². The summed E-state index contributed by atoms with van der Waals surface area (Å²) in [6.45, 7) is 0.657. The Hall–Kier alpha value is -2.98. The minimum Gasteiger partial charge on any atom is -0.497 e. The van der Waals surface area contributed by atoms with Gasteiger partial charge in [-0.15, -0.1) is 10.2 Å². The molecule has 2 aromatic heterocycles. The van der Waals surface area contributed by atoms with Gasteiger partial charge in [0.05, 0.1) is 18.6 Å². The number of ether oxygens (including phenoxy) is 1. The van der Waals surface area contributed by atoms with Crippen molar-refractivity contribution >= 4 is 22.6 Å². The van der Waals surface area contributed by atoms with E-state index in [-0.39, 0.29) is 0 Å². The molecular weight excluding hydrogens is 459 g/mol. The molecule has 0 spiro atoms. The van der Waals surface area contributed by atoms with Crippen molar-refractivity contribution in [3.05, 3.63) is 89.0 Å². The Labute approximate surface area is 190 Å². The van der Waals surface area contributed by atoms with Crippen LogP contribution in [-0.4, -0.2) is 12.1 Å². The van der Waals surface area contributed by atoms with E-state index in [1.54, 1.807) is 13.3 Å². The van der Waals surface area contributed by atoms with E-state index in [0.29, 0.717) is 11.6 Å². The Morgan fingerprint density at radius 2 is 1.75 bits per heavy atom. The second-order valence-electron chi connectivity index (χ2n) is 6.49. The minimum atomic E-state index is -4.94. The van der Waals surface area contributed by atoms with E-state index >= 15 is 0 Å². The molecule has 1 N–H and O–H groups in total. The van der Waals surface area contributed by atoms with E-state index in [9.17, 15) is 0 Å². The lowest BCUT2D eigenvalue weighted by Gasteiger charge is -2.17. The summed E-state index contributed by atoms with van der Waals surface area (Å²) in [6.07, 6.45) is 3.62. The molecule has 0 aliphatic carbocycles. The van der Waals surface area contributed by atoms with Crippen LogP contribution in [0.15, 0.2) is 77.5 Å². The number of pyridine rings is 1. The number of benzene rings is 2. The van der Waals surface area contributed by atoms with E-state index in [2.05, 4.69) is 9.98 Å². The lowest BCUT2D eigenvalue weighted by Crippen LogP contribution is -2.75. The highest BCUT2D eigenvalue weighted by Gasteiger charge is 2.10. The van der Waals surface area contributed by atoms with Gasteiger partial charge in [0.1, 0.15) is 17.1 Å². The van der Waals surface area contributed by atoms with Crippen molar-refractivity contribution < 1.29 is 43.0 Å². The van der Waals surface area contributed by atoms with Crippen LogP contribution in [0.3, 0.4) is 0 Å². The molecule has 0 aliphatic rings. The fraction of sp³-hybridized carbons (Fsp3) is 0.0909. The predicted octanol–water partition coefficient (Wildman–Crippen LogP) is -1.42. The van der Waals surface area contributed by atoms with Crippen molar-refractivity contribution in [3.8, 4) is 17.1 Å². The van der Waals surface area contributed by atoms with Crippen LogP contribution in [0.2, 0.25) is 5.02 Å². The highest BCUT2D eigenvalue weighted by molar-refractivity contribution is 6.30. The van der Waals surface area contributed by atoms with Gasteiger partial charge in [0.25, 0.3) is 0 Å². The van der Waals surface area contributed by atoms with Gasteiger partial charge in [0.15, 0.2) is 6.54 Å². The number of rotatable bonds is 4. The van der Waals surface area contributed by atoms with Crippen molar-refractivity contribution in [2.75, 3.05) is 7.11 Å². The zero-order valence-corrected chi connectivity index (χ0v) is 18.3. The first-order valence-electron chi connectivity index (χ1n) is 9.18. The molecule has 0 aliphatic heterocycles. The van der Waals surface area contributed by atoms with Gasteiger partial charge in [-0.05, 0) is 54.6 Å². The summed E-state index contributed by atoms with van der Waals surface area (Å²) < 4.78 is 45.5. The third-order valence-electron chi connectivity index (χ3n) is 4.31. The van der Waals surface area contributed by atoms with Crippen molar-refractivity contribution in [3.63, 3.8) is 0 Å². The first-order chi connectivity index (χ1) is 15.2. The summed E-state index contributed by atoms with van der Waals surface area (Å²) >= 11 is 6.01. The van der Waals surface area contributed by atoms with Crippen LogP contribution in [-0.2, 0) is 6.54 Å². The topological polar surface area (TPSA) is 141 Å². The summed E-state index contributed by atoms with van der Waals surface area (Å²) in [7, 11) is -3.29. The van der Waals surface area contributed by atoms with Crippen LogP contribution in [0.1, 0.15) is 5.56 Å². The predicted molar refractivity (Wildman–Crippen MR) is 105 cm³/mol. The van der Waals surface area contributed by atoms with Crippen LogP contribution >= 0.6 is 11.6 Å². The Bertz CT molecular complexity index is 1230. The van der Waals surface area contributed by atoms with Gasteiger partial charge in [-0.1, -0.05) is 11.6 Å². The van der Waals surface area contributed by atoms with E-state index in [1.165, 1.54) is 0 Å². The van der Waals surface area contributed by atoms with E-state index in [0.717, 1.165) is 39.0 Å². The number of nitrogens with one attached hydrogen (secondary N) is 1. The number of aromatic nitrogens is 1. The Kier molecular flexibility index (Phi) is 7.81. The van der Waals surface area contributed by atoms with Crippen LogP contribution in [0.25, 0.3) is 22.3 Å². The summed E-state index contributed by atoms with van der Waals surface area (Å²) in [6, 6.07) is 19.3. The zero-order chi connectivity index (χ0) is 23.1. The number of fused-ring (bicyclic) bond motifs is 1. The third kappa shape index (κ3) is 7.03. The Morgan fingerprint density at radius 1 is 1.03 bits per heavy atom. The molecule has 32 heavy (non-hydrogen) atoms. The standard InChI is InChI=1S/C22H17ClN2O2.ClHO4/c1-26-18-8-9-21-19(11-18)20(25-14-15-3-2-10-24-13-15)12-22(27-21)16-4-6-17(23)7-5-16;2-1(3,4)5/h2-13H,14H2,1H3;(H,2,3,4,5). The van der Waals surface area contributed by atoms with E-state index in [4.69, 9.17) is 39.4 Å². The van der Waals surface area contributed by atoms with Gasteiger partial charge in [-0.3, -0.25) is 4.98 Å². The van der Waals surface area contributed by atoms with Crippen LogP contribution < -0.4 is 33.7 Å². The third-order valence-corrected chi connectivity index (χ3v) is 4.56. The molecule has 0 fully saturated rings. The summed E-state index contributed by atoms with van der Waals surface area (Å²) in [5.74, 6) is 1.54. The number of halogens is 2. The molecule has 0 bridgehead atoms. The fourth-order valence-corrected chi connectivity index (χ4v) is 3.02. The second kappa shape index (κ2) is 10.6. The van der Waals surface area contributed by atoms with Crippen LogP contribution in [0.4, 0.5) is 0 Å². The number of hydrogen-bond donors (Lipinski definition) is 1. The molecule has 166 valence electrons. The summed E-state index contributed by atoms with van der Waals surface area (Å²) in [4.78, 5) is 7.66. The molecular formula is C22H18Cl2N2O6. The molecule has 0 radical (unpaired) electrons. The number of methoxy groups -OCH3 is 1. The molecule has 8 nitrogen and oxygen atoms in total. The highest BCUT2D eigenvalue weighted by Crippen LogP contribution is 2.25. The van der Waals surface area contributed by atoms with Gasteiger partial charge < -0.3 is 9.15 Å². The number of hydrogen-bond acceptors (Lipinski definition) is 7. The van der Waals surface area contributed by atoms with Crippen LogP contribution in [0, 0.1) is 10.2 Å². The quantitative estimate of drug-likeness (QED) is 0.380. The first kappa shape index (κ1) is 23.7. The highest BCUT2D eigenvalue weighted by atomic mass is 35.7. The molecule has 0 saturated heterocycles. The molecule has 4 rings (SSSR count). The maximum absolute atomic E-state index is 8.49. The smallest absolute Gasteiger partial charge is 0.213 e. The van der Waals surface area contributed by atoms with Gasteiger partial charge >= 0.3 is 0 Å². The summed E-state index contributed by atoms with van der Waals surface area (Å²) in [5.41, 5.74) is 2.83. The Balaban J connectivity index is 0.000000523. The van der Waals surface area contributed by atoms with Crippen LogP contribution in [0.5, 0.6) is 5.75 Å². The Morgan fingerprint density at radius 3 is 2.38 bits per heavy atom. The van der Waals surface area contributed by atoms with Gasteiger partial charge in [0, 0.05) is 28.5 Å². The molecule has 0 saturated carbocycles. The molecule has 0 atom stereocenters. The maximum Gasteiger partial charge on any atom is 0.213 e. The monoisotopic (exact) mass is 476 g/mol. The van der Waals surface area contributed by atoms with E-state index < -0.39 is 10.2 Å². The molecule has 4 aromatic rings. The lowest BCUT2D eigenvalue weighted by molar-refractivity contribution is -2.00. The normalized spacial score (nSPS) is 11.8. The van der Waals surface area contributed by atoms with Crippen molar-refractivity contribution in [1.29, 1.82) is 0 Å². The zero-order valence-electron chi connectivity index (χ0n) is 16.8. The van der Waals surface area contributed by atoms with Crippen molar-refractivity contribution in [1.82, 2.24) is 4.98 Å². The van der Waals surface area contributed by atoms with E-state index in [1.807, 2.05) is 66.9 Å². The first-order valence-corrected chi connectivity index (χ1v) is 10.8. The minimum absolute atomic E-state index is 0.657. The molecule has 0 unspecified atom stereocenters. The van der Waals surface area contributed by atoms with Crippen molar-refractivity contribution in [2.45, 2.75) is 6.54 Å². The molecule has 2 heterocycles. The average Bonchev–Trinajstić information content (AvgIpc) is 2.77. The molecule has 0 amide bonds. The van der Waals surface area contributed by atoms with Gasteiger partial charge in [-0.25, -0.2) is 23.6 Å². The second-order valence-corrected chi connectivity index (χ2v) is 7.68. The molecule has 2 aromatic carbocycles. The fourth-order valence-electron chi connectivity index (χ4n) is 2.89. The lowest BCUT2D eigenvalue weighted by atomic mass is 10.1. The largest absolute Gasteiger partial charge is 0.497 e. The van der Waals surface area contributed by atoms with Gasteiger partial charge in [-0.2, -0.15) is 0 Å². The molecule has 10 heteroatoms. The maximum atomic E-state index is 8.49. The number of nitrogens with zero attached hydrogens (tertiary/aromatic N) is 1. The average molecular weight is 477 g/mol. The van der Waals surface area contributed by atoms with Gasteiger partial charge in [0.2, 0.25) is 5.36 Å². The summed E-state index contributed by atoms with van der Waals surface area (Å²) in [5, 5.41) is 2.61. The SMILES string of the molecule is COc1ccc2oc(-c3ccc(Cl)cc3)cc(=[NH+]Cc3cccnc3)c2c1.[O-][Cl+3]([O-])([O-])[O-].